The average Bonchev–Trinajstić information content (AvgIpc) is 3.11. The maximum absolute atomic E-state index is 12.6. The van der Waals surface area contributed by atoms with E-state index in [-0.39, 0.29) is 5.91 Å². The number of benzene rings is 3. The molecule has 0 saturated carbocycles. The zero-order chi connectivity index (χ0) is 19.7. The summed E-state index contributed by atoms with van der Waals surface area (Å²) in [5, 5.41) is 3.31. The number of nitrogens with one attached hydrogen (secondary N) is 1. The van der Waals surface area contributed by atoms with Crippen LogP contribution in [0, 0.1) is 6.92 Å². The van der Waals surface area contributed by atoms with Crippen molar-refractivity contribution in [2.24, 2.45) is 0 Å². The molecule has 6 heteroatoms. The molecule has 5 nitrogen and oxygen atoms in total. The first-order chi connectivity index (χ1) is 13.5. The Morgan fingerprint density at radius 2 is 1.86 bits per heavy atom. The zero-order valence-corrected chi connectivity index (χ0v) is 16.1. The predicted molar refractivity (Wildman–Crippen MR) is 110 cm³/mol. The van der Waals surface area contributed by atoms with Gasteiger partial charge in [-0.25, -0.2) is 4.98 Å². The lowest BCUT2D eigenvalue weighted by atomic mass is 10.1. The van der Waals surface area contributed by atoms with Crippen LogP contribution in [0.3, 0.4) is 0 Å². The van der Waals surface area contributed by atoms with Crippen LogP contribution in [0.15, 0.2) is 65.1 Å². The van der Waals surface area contributed by atoms with E-state index in [0.717, 1.165) is 22.2 Å². The predicted octanol–water partition coefficient (Wildman–Crippen LogP) is 5.72. The van der Waals surface area contributed by atoms with Crippen molar-refractivity contribution in [3.05, 3.63) is 76.8 Å². The molecular weight excluding hydrogens is 376 g/mol. The molecule has 0 fully saturated rings. The number of hydrogen-bond acceptors (Lipinski definition) is 4. The van der Waals surface area contributed by atoms with Crippen molar-refractivity contribution in [3.63, 3.8) is 0 Å². The van der Waals surface area contributed by atoms with Crippen LogP contribution in [-0.4, -0.2) is 18.0 Å². The van der Waals surface area contributed by atoms with E-state index >= 15 is 0 Å². The highest BCUT2D eigenvalue weighted by Gasteiger charge is 2.14. The number of oxazole rings is 1. The Labute approximate surface area is 166 Å². The number of aryl methyl sites for hydroxylation is 1. The number of rotatable bonds is 4. The number of amides is 1. The molecule has 4 aromatic rings. The van der Waals surface area contributed by atoms with Crippen LogP contribution in [0.5, 0.6) is 5.75 Å². The maximum atomic E-state index is 12.6. The van der Waals surface area contributed by atoms with E-state index in [1.807, 2.05) is 37.3 Å². The highest BCUT2D eigenvalue weighted by atomic mass is 35.5. The molecule has 0 bridgehead atoms. The van der Waals surface area contributed by atoms with Gasteiger partial charge in [-0.05, 0) is 67.1 Å². The Kier molecular flexibility index (Phi) is 4.75. The van der Waals surface area contributed by atoms with Crippen molar-refractivity contribution < 1.29 is 13.9 Å². The maximum Gasteiger partial charge on any atom is 0.259 e. The minimum Gasteiger partial charge on any atom is -0.496 e. The molecule has 1 aromatic heterocycles. The number of ether oxygens (including phenoxy) is 1. The summed E-state index contributed by atoms with van der Waals surface area (Å²) in [5.74, 6) is 0.694. The first-order valence-corrected chi connectivity index (χ1v) is 9.04. The standard InChI is InChI=1S/C22H17ClN2O3/c1-13-3-9-20-18(11-13)25-22(28-20)14-4-7-16(8-5-14)24-21(26)17-12-15(23)6-10-19(17)27-2/h3-12H,1-2H3,(H,24,26). The van der Waals surface area contributed by atoms with Gasteiger partial charge < -0.3 is 14.5 Å². The van der Waals surface area contributed by atoms with Crippen molar-refractivity contribution in [3.8, 4) is 17.2 Å². The van der Waals surface area contributed by atoms with Crippen molar-refractivity contribution in [2.45, 2.75) is 6.92 Å². The first kappa shape index (κ1) is 18.1. The number of nitrogens with zero attached hydrogens (tertiary/aromatic N) is 1. The van der Waals surface area contributed by atoms with Crippen molar-refractivity contribution in [1.29, 1.82) is 0 Å². The molecule has 0 radical (unpaired) electrons. The van der Waals surface area contributed by atoms with Crippen molar-refractivity contribution in [1.82, 2.24) is 4.98 Å². The van der Waals surface area contributed by atoms with Crippen LogP contribution >= 0.6 is 11.6 Å². The molecule has 140 valence electrons. The summed E-state index contributed by atoms with van der Waals surface area (Å²) in [4.78, 5) is 17.1. The van der Waals surface area contributed by atoms with Gasteiger partial charge in [0.2, 0.25) is 5.89 Å². The van der Waals surface area contributed by atoms with Gasteiger partial charge in [0.15, 0.2) is 5.58 Å². The molecule has 0 aliphatic heterocycles. The van der Waals surface area contributed by atoms with E-state index in [1.165, 1.54) is 7.11 Å². The molecule has 0 spiro atoms. The van der Waals surface area contributed by atoms with Gasteiger partial charge in [0, 0.05) is 16.3 Å². The summed E-state index contributed by atoms with van der Waals surface area (Å²) in [6.45, 7) is 2.01. The lowest BCUT2D eigenvalue weighted by molar-refractivity contribution is 0.102. The number of anilines is 1. The number of halogens is 1. The van der Waals surface area contributed by atoms with Gasteiger partial charge in [-0.3, -0.25) is 4.79 Å². The minimum absolute atomic E-state index is 0.301. The smallest absolute Gasteiger partial charge is 0.259 e. The lowest BCUT2D eigenvalue weighted by Crippen LogP contribution is -2.13. The highest BCUT2D eigenvalue weighted by Crippen LogP contribution is 2.27. The van der Waals surface area contributed by atoms with Gasteiger partial charge in [-0.15, -0.1) is 0 Å². The van der Waals surface area contributed by atoms with Crippen LogP contribution in [0.25, 0.3) is 22.6 Å². The van der Waals surface area contributed by atoms with E-state index < -0.39 is 0 Å². The van der Waals surface area contributed by atoms with Crippen molar-refractivity contribution >= 4 is 34.3 Å². The summed E-state index contributed by atoms with van der Waals surface area (Å²) in [6.07, 6.45) is 0. The normalized spacial score (nSPS) is 10.8. The molecule has 1 N–H and O–H groups in total. The number of carbonyl (C=O) groups is 1. The molecule has 0 aliphatic carbocycles. The third-order valence-corrected chi connectivity index (χ3v) is 4.57. The Hall–Kier alpha value is -3.31. The summed E-state index contributed by atoms with van der Waals surface area (Å²) >= 11 is 6.00. The zero-order valence-electron chi connectivity index (χ0n) is 15.3. The van der Waals surface area contributed by atoms with Crippen LogP contribution in [-0.2, 0) is 0 Å². The average molecular weight is 393 g/mol. The molecule has 3 aromatic carbocycles. The summed E-state index contributed by atoms with van der Waals surface area (Å²) in [6, 6.07) is 18.1. The largest absolute Gasteiger partial charge is 0.496 e. The quantitative estimate of drug-likeness (QED) is 0.482. The molecule has 1 amide bonds. The highest BCUT2D eigenvalue weighted by molar-refractivity contribution is 6.31. The second-order valence-corrected chi connectivity index (χ2v) is 6.80. The molecule has 0 saturated heterocycles. The number of carbonyl (C=O) groups excluding carboxylic acids is 1. The van der Waals surface area contributed by atoms with E-state index in [9.17, 15) is 4.79 Å². The molecule has 0 atom stereocenters. The van der Waals surface area contributed by atoms with Gasteiger partial charge in [0.25, 0.3) is 5.91 Å². The van der Waals surface area contributed by atoms with Crippen LogP contribution < -0.4 is 10.1 Å². The SMILES string of the molecule is COc1ccc(Cl)cc1C(=O)Nc1ccc(-c2nc3cc(C)ccc3o2)cc1. The molecule has 1 heterocycles. The third-order valence-electron chi connectivity index (χ3n) is 4.34. The number of fused-ring (bicyclic) bond motifs is 1. The van der Waals surface area contributed by atoms with E-state index in [1.54, 1.807) is 30.3 Å². The van der Waals surface area contributed by atoms with Gasteiger partial charge >= 0.3 is 0 Å². The summed E-state index contributed by atoms with van der Waals surface area (Å²) < 4.78 is 11.0. The van der Waals surface area contributed by atoms with Crippen LogP contribution in [0.2, 0.25) is 5.02 Å². The molecule has 4 rings (SSSR count). The van der Waals surface area contributed by atoms with Gasteiger partial charge in [0.1, 0.15) is 11.3 Å². The van der Waals surface area contributed by atoms with E-state index in [0.29, 0.717) is 27.9 Å². The Bertz CT molecular complexity index is 1170. The van der Waals surface area contributed by atoms with Crippen LogP contribution in [0.1, 0.15) is 15.9 Å². The minimum atomic E-state index is -0.301. The Morgan fingerprint density at radius 1 is 1.07 bits per heavy atom. The Balaban J connectivity index is 1.56. The van der Waals surface area contributed by atoms with Gasteiger partial charge in [0.05, 0.1) is 12.7 Å². The van der Waals surface area contributed by atoms with Gasteiger partial charge in [-0.1, -0.05) is 17.7 Å². The number of methoxy groups -OCH3 is 1. The second kappa shape index (κ2) is 7.37. The van der Waals surface area contributed by atoms with Crippen molar-refractivity contribution in [2.75, 3.05) is 12.4 Å². The van der Waals surface area contributed by atoms with Gasteiger partial charge in [-0.2, -0.15) is 0 Å². The molecule has 0 aliphatic rings. The van der Waals surface area contributed by atoms with Crippen LogP contribution in [0.4, 0.5) is 5.69 Å². The number of aromatic nitrogens is 1. The second-order valence-electron chi connectivity index (χ2n) is 6.37. The summed E-state index contributed by atoms with van der Waals surface area (Å²) in [7, 11) is 1.51. The lowest BCUT2D eigenvalue weighted by Gasteiger charge is -2.10. The van der Waals surface area contributed by atoms with E-state index in [4.69, 9.17) is 20.8 Å². The monoisotopic (exact) mass is 392 g/mol. The summed E-state index contributed by atoms with van der Waals surface area (Å²) in [5.41, 5.74) is 4.52. The molecular formula is C22H17ClN2O3. The fourth-order valence-corrected chi connectivity index (χ4v) is 3.09. The number of hydrogen-bond donors (Lipinski definition) is 1. The Morgan fingerprint density at radius 3 is 2.61 bits per heavy atom. The molecule has 28 heavy (non-hydrogen) atoms. The fraction of sp³-hybridized carbons (Fsp3) is 0.0909. The third kappa shape index (κ3) is 3.57. The topological polar surface area (TPSA) is 64.4 Å². The first-order valence-electron chi connectivity index (χ1n) is 8.66. The van der Waals surface area contributed by atoms with E-state index in [2.05, 4.69) is 10.3 Å². The molecule has 0 unspecified atom stereocenters. The fourth-order valence-electron chi connectivity index (χ4n) is 2.91.